The lowest BCUT2D eigenvalue weighted by Crippen LogP contribution is -2.36. The Morgan fingerprint density at radius 1 is 1.14 bits per heavy atom. The molecule has 1 aliphatic heterocycles. The third-order valence-corrected chi connectivity index (χ3v) is 5.22. The number of nitrogens with one attached hydrogen (secondary N) is 1. The van der Waals surface area contributed by atoms with Crippen LogP contribution in [-0.2, 0) is 24.3 Å². The van der Waals surface area contributed by atoms with Crippen molar-refractivity contribution in [2.45, 2.75) is 25.9 Å². The molecule has 2 aromatic carbocycles. The summed E-state index contributed by atoms with van der Waals surface area (Å²) in [5.74, 6) is -0.211. The number of hydrogen-bond acceptors (Lipinski definition) is 5. The van der Waals surface area contributed by atoms with Crippen LogP contribution in [0.5, 0.6) is 0 Å². The van der Waals surface area contributed by atoms with Gasteiger partial charge in [0.1, 0.15) is 6.33 Å². The van der Waals surface area contributed by atoms with Crippen LogP contribution in [-0.4, -0.2) is 43.5 Å². The number of rotatable bonds is 5. The molecule has 1 aromatic heterocycles. The summed E-state index contributed by atoms with van der Waals surface area (Å²) in [6, 6.07) is 12.7. The average molecular weight is 411 g/mol. The van der Waals surface area contributed by atoms with Gasteiger partial charge in [0, 0.05) is 25.2 Å². The monoisotopic (exact) mass is 410 g/mol. The fourth-order valence-electron chi connectivity index (χ4n) is 3.34. The Balaban J connectivity index is 1.42. The zero-order chi connectivity index (χ0) is 20.2. The first-order chi connectivity index (χ1) is 14.1. The van der Waals surface area contributed by atoms with E-state index in [1.807, 2.05) is 23.1 Å². The summed E-state index contributed by atoms with van der Waals surface area (Å²) in [6.07, 6.45) is 2.61. The first-order valence-electron chi connectivity index (χ1n) is 9.26. The summed E-state index contributed by atoms with van der Waals surface area (Å²) in [5.41, 5.74) is 3.32. The quantitative estimate of drug-likeness (QED) is 0.697. The second-order valence-electron chi connectivity index (χ2n) is 6.81. The smallest absolute Gasteiger partial charge is 0.257 e. The summed E-state index contributed by atoms with van der Waals surface area (Å²) in [4.78, 5) is 26.9. The molecule has 0 saturated heterocycles. The van der Waals surface area contributed by atoms with Crippen molar-refractivity contribution >= 4 is 29.1 Å². The molecule has 0 saturated carbocycles. The Kier molecular flexibility index (Phi) is 5.53. The van der Waals surface area contributed by atoms with Crippen molar-refractivity contribution in [2.75, 3.05) is 11.9 Å². The third-order valence-electron chi connectivity index (χ3n) is 4.89. The van der Waals surface area contributed by atoms with Gasteiger partial charge in [0.2, 0.25) is 5.91 Å². The van der Waals surface area contributed by atoms with Crippen molar-refractivity contribution in [3.8, 4) is 0 Å². The standard InChI is InChI=1S/C20H19ClN6O2/c21-18-4-2-1-3-17(18)20(29)23-16-6-5-14-7-9-26(12-15(14)11-16)19(28)8-10-27-13-22-24-25-27/h1-6,11,13H,7-10,12H2,(H,23,29). The second-order valence-corrected chi connectivity index (χ2v) is 7.21. The van der Waals surface area contributed by atoms with Gasteiger partial charge in [-0.05, 0) is 52.2 Å². The molecule has 9 heteroatoms. The molecule has 0 spiro atoms. The van der Waals surface area contributed by atoms with E-state index in [2.05, 4.69) is 20.8 Å². The normalized spacial score (nSPS) is 13.1. The van der Waals surface area contributed by atoms with Gasteiger partial charge in [-0.1, -0.05) is 29.8 Å². The fraction of sp³-hybridized carbons (Fsp3) is 0.250. The van der Waals surface area contributed by atoms with Crippen molar-refractivity contribution in [1.29, 1.82) is 0 Å². The summed E-state index contributed by atoms with van der Waals surface area (Å²) < 4.78 is 1.54. The maximum atomic E-state index is 12.5. The second kappa shape index (κ2) is 8.40. The zero-order valence-corrected chi connectivity index (χ0v) is 16.3. The van der Waals surface area contributed by atoms with E-state index in [1.165, 1.54) is 16.6 Å². The van der Waals surface area contributed by atoms with Crippen LogP contribution in [0.1, 0.15) is 27.9 Å². The molecule has 1 N–H and O–H groups in total. The molecule has 0 aliphatic carbocycles. The molecule has 4 rings (SSSR count). The number of halogens is 1. The zero-order valence-electron chi connectivity index (χ0n) is 15.6. The highest BCUT2D eigenvalue weighted by Crippen LogP contribution is 2.24. The van der Waals surface area contributed by atoms with E-state index >= 15 is 0 Å². The summed E-state index contributed by atoms with van der Waals surface area (Å²) >= 11 is 6.10. The van der Waals surface area contributed by atoms with Crippen LogP contribution >= 0.6 is 11.6 Å². The lowest BCUT2D eigenvalue weighted by atomic mass is 9.98. The minimum absolute atomic E-state index is 0.0525. The topological polar surface area (TPSA) is 93.0 Å². The number of fused-ring (bicyclic) bond motifs is 1. The molecule has 0 bridgehead atoms. The number of hydrogen-bond donors (Lipinski definition) is 1. The van der Waals surface area contributed by atoms with Crippen LogP contribution in [0.15, 0.2) is 48.8 Å². The van der Waals surface area contributed by atoms with Crippen LogP contribution in [0.25, 0.3) is 0 Å². The SMILES string of the molecule is O=C(Nc1ccc2c(c1)CN(C(=O)CCn1cnnn1)CC2)c1ccccc1Cl. The minimum atomic E-state index is -0.263. The molecule has 0 fully saturated rings. The van der Waals surface area contributed by atoms with E-state index in [-0.39, 0.29) is 11.8 Å². The van der Waals surface area contributed by atoms with Crippen molar-refractivity contribution in [3.05, 3.63) is 70.5 Å². The molecule has 0 unspecified atom stereocenters. The number of anilines is 1. The Labute approximate surface area is 172 Å². The van der Waals surface area contributed by atoms with E-state index in [9.17, 15) is 9.59 Å². The highest BCUT2D eigenvalue weighted by Gasteiger charge is 2.21. The number of carbonyl (C=O) groups excluding carboxylic acids is 2. The van der Waals surface area contributed by atoms with Crippen molar-refractivity contribution in [1.82, 2.24) is 25.1 Å². The lowest BCUT2D eigenvalue weighted by Gasteiger charge is -2.29. The molecule has 8 nitrogen and oxygen atoms in total. The Bertz CT molecular complexity index is 1040. The third kappa shape index (κ3) is 4.43. The fourth-order valence-corrected chi connectivity index (χ4v) is 3.56. The van der Waals surface area contributed by atoms with Crippen LogP contribution in [0.2, 0.25) is 5.02 Å². The number of amides is 2. The molecule has 1 aliphatic rings. The Hall–Kier alpha value is -3.26. The van der Waals surface area contributed by atoms with Crippen LogP contribution in [0, 0.1) is 0 Å². The van der Waals surface area contributed by atoms with Gasteiger partial charge in [-0.3, -0.25) is 9.59 Å². The highest BCUT2D eigenvalue weighted by atomic mass is 35.5. The molecule has 0 radical (unpaired) electrons. The number of benzene rings is 2. The lowest BCUT2D eigenvalue weighted by molar-refractivity contribution is -0.132. The largest absolute Gasteiger partial charge is 0.338 e. The van der Waals surface area contributed by atoms with Gasteiger partial charge in [-0.15, -0.1) is 5.10 Å². The molecule has 148 valence electrons. The van der Waals surface area contributed by atoms with E-state index in [4.69, 9.17) is 11.6 Å². The molecular formula is C20H19ClN6O2. The molecule has 2 amide bonds. The summed E-state index contributed by atoms with van der Waals surface area (Å²) in [7, 11) is 0. The van der Waals surface area contributed by atoms with Crippen LogP contribution < -0.4 is 5.32 Å². The predicted octanol–water partition coefficient (Wildman–Crippen LogP) is 2.55. The maximum absolute atomic E-state index is 12.5. The number of nitrogens with zero attached hydrogens (tertiary/aromatic N) is 5. The number of carbonyl (C=O) groups is 2. The van der Waals surface area contributed by atoms with Crippen molar-refractivity contribution < 1.29 is 9.59 Å². The van der Waals surface area contributed by atoms with E-state index in [1.54, 1.807) is 24.3 Å². The Morgan fingerprint density at radius 2 is 2.00 bits per heavy atom. The van der Waals surface area contributed by atoms with Crippen molar-refractivity contribution in [2.24, 2.45) is 0 Å². The van der Waals surface area contributed by atoms with E-state index in [0.29, 0.717) is 42.3 Å². The molecular weight excluding hydrogens is 392 g/mol. The number of aryl methyl sites for hydroxylation is 1. The average Bonchev–Trinajstić information content (AvgIpc) is 3.25. The molecule has 0 atom stereocenters. The summed E-state index contributed by atoms with van der Waals surface area (Å²) in [5, 5.41) is 14.2. The van der Waals surface area contributed by atoms with Gasteiger partial charge in [0.15, 0.2) is 0 Å². The first-order valence-corrected chi connectivity index (χ1v) is 9.64. The van der Waals surface area contributed by atoms with Crippen molar-refractivity contribution in [3.63, 3.8) is 0 Å². The van der Waals surface area contributed by atoms with Gasteiger partial charge < -0.3 is 10.2 Å². The first kappa shape index (κ1) is 19.1. The van der Waals surface area contributed by atoms with E-state index in [0.717, 1.165) is 12.0 Å². The van der Waals surface area contributed by atoms with Gasteiger partial charge >= 0.3 is 0 Å². The highest BCUT2D eigenvalue weighted by molar-refractivity contribution is 6.34. The van der Waals surface area contributed by atoms with Gasteiger partial charge in [0.05, 0.1) is 17.1 Å². The molecule has 3 aromatic rings. The Morgan fingerprint density at radius 3 is 2.79 bits per heavy atom. The molecule has 29 heavy (non-hydrogen) atoms. The van der Waals surface area contributed by atoms with Gasteiger partial charge in [0.25, 0.3) is 5.91 Å². The maximum Gasteiger partial charge on any atom is 0.257 e. The van der Waals surface area contributed by atoms with Crippen LogP contribution in [0.4, 0.5) is 5.69 Å². The number of aromatic nitrogens is 4. The molecule has 2 heterocycles. The summed E-state index contributed by atoms with van der Waals surface area (Å²) in [6.45, 7) is 1.63. The van der Waals surface area contributed by atoms with Crippen LogP contribution in [0.3, 0.4) is 0 Å². The van der Waals surface area contributed by atoms with E-state index < -0.39 is 0 Å². The van der Waals surface area contributed by atoms with Gasteiger partial charge in [-0.25, -0.2) is 4.68 Å². The predicted molar refractivity (Wildman–Crippen MR) is 107 cm³/mol. The number of tetrazole rings is 1. The minimum Gasteiger partial charge on any atom is -0.338 e. The van der Waals surface area contributed by atoms with Gasteiger partial charge in [-0.2, -0.15) is 0 Å².